The van der Waals surface area contributed by atoms with Crippen LogP contribution in [0.3, 0.4) is 0 Å². The summed E-state index contributed by atoms with van der Waals surface area (Å²) in [6.07, 6.45) is -1.29. The number of carbonyl (C=O) groups excluding carboxylic acids is 3. The summed E-state index contributed by atoms with van der Waals surface area (Å²) in [5.41, 5.74) is 8.37. The molecular weight excluding hydrogens is 464 g/mol. The van der Waals surface area contributed by atoms with Gasteiger partial charge in [-0.15, -0.1) is 11.8 Å². The normalized spacial score (nSPS) is 18.5. The summed E-state index contributed by atoms with van der Waals surface area (Å²) in [4.78, 5) is 40.2. The van der Waals surface area contributed by atoms with Crippen LogP contribution in [0.1, 0.15) is 30.5 Å². The van der Waals surface area contributed by atoms with Crippen molar-refractivity contribution < 1.29 is 19.5 Å². The number of benzene rings is 2. The number of aliphatic hydroxyl groups is 1. The Morgan fingerprint density at radius 1 is 1.14 bits per heavy atom. The molecule has 3 atom stereocenters. The molecule has 5 N–H and O–H groups in total. The summed E-state index contributed by atoms with van der Waals surface area (Å²) in [6, 6.07) is 15.4. The SMILES string of the molecule is Cc1ccccc1CNC(=O)C1N(C(=O)C(O)C(Cc2ccccc2)NC(=O)CN)CSC1(C)C. The van der Waals surface area contributed by atoms with Gasteiger partial charge in [-0.05, 0) is 43.9 Å². The molecule has 1 aliphatic heterocycles. The molecule has 35 heavy (non-hydrogen) atoms. The van der Waals surface area contributed by atoms with Crippen molar-refractivity contribution in [2.24, 2.45) is 5.73 Å². The van der Waals surface area contributed by atoms with Crippen molar-refractivity contribution in [3.63, 3.8) is 0 Å². The molecule has 3 rings (SSSR count). The van der Waals surface area contributed by atoms with Crippen molar-refractivity contribution in [1.29, 1.82) is 0 Å². The van der Waals surface area contributed by atoms with Crippen LogP contribution in [-0.2, 0) is 27.3 Å². The Hall–Kier alpha value is -2.88. The van der Waals surface area contributed by atoms with Crippen molar-refractivity contribution in [2.75, 3.05) is 12.4 Å². The number of aliphatic hydroxyl groups excluding tert-OH is 1. The number of amides is 3. The lowest BCUT2D eigenvalue weighted by atomic mass is 9.97. The molecule has 3 unspecified atom stereocenters. The van der Waals surface area contributed by atoms with Gasteiger partial charge in [0.1, 0.15) is 6.04 Å². The lowest BCUT2D eigenvalue weighted by Gasteiger charge is -2.33. The van der Waals surface area contributed by atoms with Gasteiger partial charge in [-0.25, -0.2) is 0 Å². The van der Waals surface area contributed by atoms with Crippen molar-refractivity contribution in [2.45, 2.75) is 56.7 Å². The highest BCUT2D eigenvalue weighted by Gasteiger charge is 2.49. The number of hydrogen-bond donors (Lipinski definition) is 4. The van der Waals surface area contributed by atoms with Crippen LogP contribution in [0.4, 0.5) is 0 Å². The number of carbonyl (C=O) groups is 3. The van der Waals surface area contributed by atoms with Crippen molar-refractivity contribution in [3.05, 3.63) is 71.3 Å². The highest BCUT2D eigenvalue weighted by Crippen LogP contribution is 2.39. The van der Waals surface area contributed by atoms with E-state index in [2.05, 4.69) is 10.6 Å². The van der Waals surface area contributed by atoms with Gasteiger partial charge in [0.15, 0.2) is 6.10 Å². The molecule has 0 radical (unpaired) electrons. The average molecular weight is 499 g/mol. The third-order valence-corrected chi connectivity index (χ3v) is 7.63. The lowest BCUT2D eigenvalue weighted by molar-refractivity contribution is -0.147. The smallest absolute Gasteiger partial charge is 0.254 e. The Morgan fingerprint density at radius 2 is 1.80 bits per heavy atom. The second kappa shape index (κ2) is 11.7. The molecule has 1 heterocycles. The van der Waals surface area contributed by atoms with E-state index in [0.29, 0.717) is 6.54 Å². The first-order chi connectivity index (χ1) is 16.6. The Kier molecular flexibility index (Phi) is 8.93. The minimum absolute atomic E-state index is 0.244. The number of nitrogens with one attached hydrogen (secondary N) is 2. The molecule has 2 aromatic carbocycles. The van der Waals surface area contributed by atoms with Crippen LogP contribution < -0.4 is 16.4 Å². The number of nitrogens with zero attached hydrogens (tertiary/aromatic N) is 1. The predicted molar refractivity (Wildman–Crippen MR) is 137 cm³/mol. The maximum Gasteiger partial charge on any atom is 0.254 e. The van der Waals surface area contributed by atoms with Crippen LogP contribution >= 0.6 is 11.8 Å². The molecule has 0 bridgehead atoms. The van der Waals surface area contributed by atoms with E-state index in [1.807, 2.05) is 75.4 Å². The third-order valence-electron chi connectivity index (χ3n) is 6.26. The van der Waals surface area contributed by atoms with Crippen LogP contribution in [0.5, 0.6) is 0 Å². The monoisotopic (exact) mass is 498 g/mol. The topological polar surface area (TPSA) is 125 Å². The van der Waals surface area contributed by atoms with Crippen molar-refractivity contribution in [1.82, 2.24) is 15.5 Å². The third kappa shape index (κ3) is 6.62. The maximum absolute atomic E-state index is 13.5. The lowest BCUT2D eigenvalue weighted by Crippen LogP contribution is -2.59. The van der Waals surface area contributed by atoms with E-state index >= 15 is 0 Å². The summed E-state index contributed by atoms with van der Waals surface area (Å²) >= 11 is 1.47. The average Bonchev–Trinajstić information content (AvgIpc) is 3.17. The van der Waals surface area contributed by atoms with Gasteiger partial charge in [0, 0.05) is 11.3 Å². The Bertz CT molecular complexity index is 1050. The maximum atomic E-state index is 13.5. The summed E-state index contributed by atoms with van der Waals surface area (Å²) < 4.78 is -0.555. The highest BCUT2D eigenvalue weighted by molar-refractivity contribution is 8.00. The minimum Gasteiger partial charge on any atom is -0.381 e. The summed E-state index contributed by atoms with van der Waals surface area (Å²) in [6.45, 7) is 5.88. The Balaban J connectivity index is 1.77. The van der Waals surface area contributed by atoms with Gasteiger partial charge in [-0.3, -0.25) is 14.4 Å². The first kappa shape index (κ1) is 26.7. The van der Waals surface area contributed by atoms with Gasteiger partial charge >= 0.3 is 0 Å². The summed E-state index contributed by atoms with van der Waals surface area (Å²) in [7, 11) is 0. The fourth-order valence-electron chi connectivity index (χ4n) is 4.22. The van der Waals surface area contributed by atoms with Crippen LogP contribution in [-0.4, -0.2) is 63.1 Å². The second-order valence-corrected chi connectivity index (χ2v) is 10.8. The summed E-state index contributed by atoms with van der Waals surface area (Å²) in [5, 5.41) is 16.7. The number of hydrogen-bond acceptors (Lipinski definition) is 6. The van der Waals surface area contributed by atoms with E-state index in [-0.39, 0.29) is 24.7 Å². The van der Waals surface area contributed by atoms with Gasteiger partial charge in [-0.2, -0.15) is 0 Å². The number of aryl methyl sites for hydroxylation is 1. The molecule has 3 amide bonds. The molecule has 1 fully saturated rings. The first-order valence-corrected chi connectivity index (χ1v) is 12.6. The van der Waals surface area contributed by atoms with Gasteiger partial charge < -0.3 is 26.4 Å². The number of rotatable bonds is 9. The van der Waals surface area contributed by atoms with E-state index in [1.54, 1.807) is 0 Å². The van der Waals surface area contributed by atoms with Gasteiger partial charge in [0.2, 0.25) is 11.8 Å². The van der Waals surface area contributed by atoms with Crippen molar-refractivity contribution in [3.8, 4) is 0 Å². The Labute approximate surface area is 210 Å². The van der Waals surface area contributed by atoms with E-state index in [0.717, 1.165) is 16.7 Å². The molecule has 0 spiro atoms. The van der Waals surface area contributed by atoms with Gasteiger partial charge in [0.25, 0.3) is 5.91 Å². The molecule has 0 saturated carbocycles. The zero-order chi connectivity index (χ0) is 25.6. The molecular formula is C26H34N4O4S. The van der Waals surface area contributed by atoms with Gasteiger partial charge in [0.05, 0.1) is 18.5 Å². The quantitative estimate of drug-likeness (QED) is 0.414. The minimum atomic E-state index is -1.54. The van der Waals surface area contributed by atoms with E-state index in [9.17, 15) is 19.5 Å². The molecule has 188 valence electrons. The first-order valence-electron chi connectivity index (χ1n) is 11.6. The van der Waals surface area contributed by atoms with Crippen LogP contribution in [0, 0.1) is 6.92 Å². The molecule has 2 aromatic rings. The van der Waals surface area contributed by atoms with E-state index < -0.39 is 34.7 Å². The fraction of sp³-hybridized carbons (Fsp3) is 0.423. The molecule has 1 saturated heterocycles. The largest absolute Gasteiger partial charge is 0.381 e. The number of thioether (sulfide) groups is 1. The van der Waals surface area contributed by atoms with Gasteiger partial charge in [-0.1, -0.05) is 54.6 Å². The van der Waals surface area contributed by atoms with Crippen LogP contribution in [0.15, 0.2) is 54.6 Å². The second-order valence-electron chi connectivity index (χ2n) is 9.24. The standard InChI is InChI=1S/C26H34N4O4S/c1-17-9-7-8-12-19(17)15-28-24(33)23-26(2,3)35-16-30(23)25(34)22(32)20(29-21(31)14-27)13-18-10-5-4-6-11-18/h4-12,20,22-23,32H,13-16,27H2,1-3H3,(H,28,33)(H,29,31). The molecule has 0 aromatic heterocycles. The number of nitrogens with two attached hydrogens (primary N) is 1. The highest BCUT2D eigenvalue weighted by atomic mass is 32.2. The zero-order valence-electron chi connectivity index (χ0n) is 20.4. The Morgan fingerprint density at radius 3 is 2.46 bits per heavy atom. The molecule has 0 aliphatic carbocycles. The predicted octanol–water partition coefficient (Wildman–Crippen LogP) is 1.34. The summed E-state index contributed by atoms with van der Waals surface area (Å²) in [5.74, 6) is -1.10. The van der Waals surface area contributed by atoms with Crippen LogP contribution in [0.2, 0.25) is 0 Å². The fourth-order valence-corrected chi connectivity index (χ4v) is 5.36. The zero-order valence-corrected chi connectivity index (χ0v) is 21.2. The van der Waals surface area contributed by atoms with Crippen molar-refractivity contribution >= 4 is 29.5 Å². The molecule has 9 heteroatoms. The van der Waals surface area contributed by atoms with E-state index in [1.165, 1.54) is 16.7 Å². The molecule has 8 nitrogen and oxygen atoms in total. The van der Waals surface area contributed by atoms with E-state index in [4.69, 9.17) is 5.73 Å². The molecule has 1 aliphatic rings. The van der Waals surface area contributed by atoms with Crippen LogP contribution in [0.25, 0.3) is 0 Å².